The van der Waals surface area contributed by atoms with Crippen molar-refractivity contribution in [2.24, 2.45) is 0 Å². The van der Waals surface area contributed by atoms with E-state index in [-0.39, 0.29) is 11.5 Å². The summed E-state index contributed by atoms with van der Waals surface area (Å²) in [6.45, 7) is 3.22. The van der Waals surface area contributed by atoms with Gasteiger partial charge in [0.25, 0.3) is 11.5 Å². The highest BCUT2D eigenvalue weighted by Gasteiger charge is 2.13. The molecule has 5 rings (SSSR count). The zero-order valence-corrected chi connectivity index (χ0v) is 18.2. The summed E-state index contributed by atoms with van der Waals surface area (Å²) in [5, 5.41) is 8.04. The summed E-state index contributed by atoms with van der Waals surface area (Å²) in [6, 6.07) is 15.7. The molecule has 0 bridgehead atoms. The van der Waals surface area contributed by atoms with Crippen LogP contribution in [0.3, 0.4) is 0 Å². The normalized spacial score (nSPS) is 11.3. The molecule has 0 aliphatic carbocycles. The van der Waals surface area contributed by atoms with Crippen LogP contribution >= 0.6 is 11.3 Å². The van der Waals surface area contributed by atoms with E-state index in [9.17, 15) is 9.59 Å². The highest BCUT2D eigenvalue weighted by atomic mass is 32.1. The third kappa shape index (κ3) is 3.90. The third-order valence-corrected chi connectivity index (χ3v) is 6.23. The Bertz CT molecular complexity index is 1450. The first-order chi connectivity index (χ1) is 15.6. The number of hydrogen-bond donors (Lipinski definition) is 1. The van der Waals surface area contributed by atoms with Gasteiger partial charge in [0.1, 0.15) is 11.7 Å². The van der Waals surface area contributed by atoms with E-state index in [1.807, 2.05) is 55.5 Å². The van der Waals surface area contributed by atoms with Gasteiger partial charge < -0.3 is 5.32 Å². The second-order valence-corrected chi connectivity index (χ2v) is 8.54. The first kappa shape index (κ1) is 20.1. The minimum atomic E-state index is -0.226. The maximum absolute atomic E-state index is 12.9. The topological polar surface area (TPSA) is 94.7 Å². The number of nitrogens with zero attached hydrogens (tertiary/aromatic N) is 5. The summed E-state index contributed by atoms with van der Waals surface area (Å²) in [6.07, 6.45) is 3.08. The minimum absolute atomic E-state index is 0.139. The number of para-hydroxylation sites is 1. The lowest BCUT2D eigenvalue weighted by molar-refractivity contribution is 0.0952. The van der Waals surface area contributed by atoms with Crippen molar-refractivity contribution >= 4 is 38.5 Å². The van der Waals surface area contributed by atoms with E-state index in [1.165, 1.54) is 23.1 Å². The molecule has 0 radical (unpaired) electrons. The Morgan fingerprint density at radius 1 is 1.12 bits per heavy atom. The van der Waals surface area contributed by atoms with Crippen molar-refractivity contribution in [2.75, 3.05) is 6.54 Å². The van der Waals surface area contributed by atoms with Crippen molar-refractivity contribution in [1.29, 1.82) is 0 Å². The van der Waals surface area contributed by atoms with Gasteiger partial charge in [-0.1, -0.05) is 42.0 Å². The molecule has 1 N–H and O–H groups in total. The molecule has 0 saturated heterocycles. The van der Waals surface area contributed by atoms with Crippen LogP contribution in [-0.4, -0.2) is 36.8 Å². The van der Waals surface area contributed by atoms with Crippen LogP contribution in [0.15, 0.2) is 65.8 Å². The molecular weight excluding hydrogens is 424 g/mol. The Balaban J connectivity index is 1.27. The number of fused-ring (bicyclic) bond motifs is 2. The van der Waals surface area contributed by atoms with Gasteiger partial charge in [0.15, 0.2) is 10.7 Å². The van der Waals surface area contributed by atoms with Gasteiger partial charge in [-0.2, -0.15) is 5.10 Å². The Morgan fingerprint density at radius 3 is 2.75 bits per heavy atom. The zero-order valence-electron chi connectivity index (χ0n) is 17.4. The number of aromatic nitrogens is 5. The van der Waals surface area contributed by atoms with Crippen molar-refractivity contribution in [3.05, 3.63) is 87.5 Å². The van der Waals surface area contributed by atoms with Crippen molar-refractivity contribution in [3.8, 4) is 0 Å². The lowest BCUT2D eigenvalue weighted by Gasteiger charge is -2.07. The monoisotopic (exact) mass is 444 g/mol. The Labute approximate surface area is 187 Å². The molecule has 32 heavy (non-hydrogen) atoms. The number of rotatable bonds is 6. The van der Waals surface area contributed by atoms with Crippen LogP contribution in [0.1, 0.15) is 20.9 Å². The molecule has 8 nitrogen and oxygen atoms in total. The first-order valence-electron chi connectivity index (χ1n) is 10.2. The van der Waals surface area contributed by atoms with Crippen LogP contribution in [0, 0.1) is 6.92 Å². The molecule has 1 amide bonds. The van der Waals surface area contributed by atoms with Crippen LogP contribution in [0.5, 0.6) is 0 Å². The van der Waals surface area contributed by atoms with Gasteiger partial charge in [-0.15, -0.1) is 11.3 Å². The molecular formula is C23H20N6O2S. The summed E-state index contributed by atoms with van der Waals surface area (Å²) in [5.74, 6) is -0.226. The highest BCUT2D eigenvalue weighted by molar-refractivity contribution is 7.20. The molecule has 0 fully saturated rings. The maximum atomic E-state index is 12.9. The minimum Gasteiger partial charge on any atom is -0.348 e. The molecule has 0 unspecified atom stereocenters. The van der Waals surface area contributed by atoms with Gasteiger partial charge in [0, 0.05) is 6.54 Å². The van der Waals surface area contributed by atoms with E-state index in [1.54, 1.807) is 15.6 Å². The molecule has 2 aromatic carbocycles. The third-order valence-electron chi connectivity index (χ3n) is 5.19. The standard InChI is InChI=1S/C23H20N6O2S/c1-15-6-8-16(9-7-15)13-28-14-25-20-17(23(28)31)12-26-29(20)11-10-24-21(30)22-27-18-4-2-3-5-19(18)32-22/h2-9,12,14H,10-11,13H2,1H3,(H,24,30). The summed E-state index contributed by atoms with van der Waals surface area (Å²) < 4.78 is 4.18. The van der Waals surface area contributed by atoms with E-state index < -0.39 is 0 Å². The number of aryl methyl sites for hydroxylation is 1. The molecule has 3 aromatic heterocycles. The molecule has 0 aliphatic heterocycles. The van der Waals surface area contributed by atoms with E-state index in [0.29, 0.717) is 35.7 Å². The Morgan fingerprint density at radius 2 is 1.94 bits per heavy atom. The van der Waals surface area contributed by atoms with Crippen molar-refractivity contribution < 1.29 is 4.79 Å². The summed E-state index contributed by atoms with van der Waals surface area (Å²) in [4.78, 5) is 34.1. The van der Waals surface area contributed by atoms with Gasteiger partial charge in [0.2, 0.25) is 0 Å². The summed E-state index contributed by atoms with van der Waals surface area (Å²) >= 11 is 1.36. The smallest absolute Gasteiger partial charge is 0.280 e. The van der Waals surface area contributed by atoms with Gasteiger partial charge in [-0.05, 0) is 24.6 Å². The first-order valence-corrected chi connectivity index (χ1v) is 11.0. The number of thiazole rings is 1. The second kappa shape index (κ2) is 8.35. The quantitative estimate of drug-likeness (QED) is 0.434. The molecule has 0 saturated carbocycles. The SMILES string of the molecule is Cc1ccc(Cn2cnc3c(cnn3CCNC(=O)c3nc4ccccc4s3)c2=O)cc1. The molecule has 0 atom stereocenters. The lowest BCUT2D eigenvalue weighted by Crippen LogP contribution is -2.27. The van der Waals surface area contributed by atoms with Crippen LogP contribution < -0.4 is 10.9 Å². The van der Waals surface area contributed by atoms with Gasteiger partial charge >= 0.3 is 0 Å². The number of carbonyl (C=O) groups is 1. The predicted octanol–water partition coefficient (Wildman–Crippen LogP) is 2.99. The largest absolute Gasteiger partial charge is 0.348 e. The van der Waals surface area contributed by atoms with Crippen molar-refractivity contribution in [1.82, 2.24) is 29.6 Å². The van der Waals surface area contributed by atoms with Gasteiger partial charge in [-0.25, -0.2) is 14.6 Å². The molecule has 0 aliphatic rings. The molecule has 0 spiro atoms. The number of carbonyl (C=O) groups excluding carboxylic acids is 1. The van der Waals surface area contributed by atoms with Gasteiger partial charge in [-0.3, -0.25) is 14.2 Å². The maximum Gasteiger partial charge on any atom is 0.280 e. The van der Waals surface area contributed by atoms with Crippen LogP contribution in [-0.2, 0) is 13.1 Å². The fraction of sp³-hybridized carbons (Fsp3) is 0.174. The zero-order chi connectivity index (χ0) is 22.1. The van der Waals surface area contributed by atoms with Gasteiger partial charge in [0.05, 0.1) is 29.5 Å². The molecule has 5 aromatic rings. The molecule has 3 heterocycles. The van der Waals surface area contributed by atoms with Crippen LogP contribution in [0.25, 0.3) is 21.3 Å². The summed E-state index contributed by atoms with van der Waals surface area (Å²) in [5.41, 5.74) is 3.38. The Hall–Kier alpha value is -3.85. The lowest BCUT2D eigenvalue weighted by atomic mass is 10.1. The number of benzene rings is 2. The predicted molar refractivity (Wildman–Crippen MR) is 124 cm³/mol. The van der Waals surface area contributed by atoms with Crippen LogP contribution in [0.2, 0.25) is 0 Å². The Kier molecular flexibility index (Phi) is 5.24. The number of amides is 1. The van der Waals surface area contributed by atoms with E-state index in [0.717, 1.165) is 15.8 Å². The molecule has 9 heteroatoms. The number of nitrogens with one attached hydrogen (secondary N) is 1. The van der Waals surface area contributed by atoms with Crippen LogP contribution in [0.4, 0.5) is 0 Å². The fourth-order valence-electron chi connectivity index (χ4n) is 3.48. The average Bonchev–Trinajstić information content (AvgIpc) is 3.42. The highest BCUT2D eigenvalue weighted by Crippen LogP contribution is 2.21. The van der Waals surface area contributed by atoms with Crippen molar-refractivity contribution in [3.63, 3.8) is 0 Å². The number of hydrogen-bond acceptors (Lipinski definition) is 6. The summed E-state index contributed by atoms with van der Waals surface area (Å²) in [7, 11) is 0. The fourth-order valence-corrected chi connectivity index (χ4v) is 4.37. The van der Waals surface area contributed by atoms with E-state index in [4.69, 9.17) is 0 Å². The van der Waals surface area contributed by atoms with Crippen molar-refractivity contribution in [2.45, 2.75) is 20.0 Å². The second-order valence-electron chi connectivity index (χ2n) is 7.51. The van der Waals surface area contributed by atoms with E-state index in [2.05, 4.69) is 20.4 Å². The molecule has 160 valence electrons. The van der Waals surface area contributed by atoms with E-state index >= 15 is 0 Å². The average molecular weight is 445 g/mol.